The van der Waals surface area contributed by atoms with Crippen molar-refractivity contribution in [2.45, 2.75) is 39.0 Å². The van der Waals surface area contributed by atoms with E-state index in [0.29, 0.717) is 5.96 Å². The van der Waals surface area contributed by atoms with Crippen molar-refractivity contribution < 1.29 is 0 Å². The van der Waals surface area contributed by atoms with Gasteiger partial charge in [0.2, 0.25) is 0 Å². The van der Waals surface area contributed by atoms with Crippen LogP contribution < -0.4 is 11.1 Å². The number of halogens is 1. The first kappa shape index (κ1) is 19.6. The zero-order valence-electron chi connectivity index (χ0n) is 12.8. The number of nitrogens with two attached hydrogens (primary N) is 1. The molecule has 0 aliphatic carbocycles. The van der Waals surface area contributed by atoms with Gasteiger partial charge >= 0.3 is 0 Å². The molecule has 0 saturated heterocycles. The molecule has 0 fully saturated rings. The van der Waals surface area contributed by atoms with Crippen LogP contribution in [0.3, 0.4) is 0 Å². The van der Waals surface area contributed by atoms with E-state index in [0.717, 1.165) is 18.1 Å². The number of thioether (sulfide) groups is 1. The normalized spacial score (nSPS) is 11.9. The van der Waals surface area contributed by atoms with Gasteiger partial charge in [0.05, 0.1) is 6.54 Å². The molecule has 0 saturated carbocycles. The zero-order chi connectivity index (χ0) is 14.3. The van der Waals surface area contributed by atoms with Crippen molar-refractivity contribution in [2.75, 3.05) is 12.3 Å². The summed E-state index contributed by atoms with van der Waals surface area (Å²) in [5.74, 6) is 2.55. The number of aliphatic imine (C=N–C) groups is 1. The number of benzene rings is 1. The molecule has 0 aromatic heterocycles. The molecule has 3 nitrogen and oxygen atoms in total. The van der Waals surface area contributed by atoms with Crippen LogP contribution in [0.1, 0.15) is 31.9 Å². The first-order chi connectivity index (χ1) is 8.87. The van der Waals surface area contributed by atoms with E-state index in [4.69, 9.17) is 5.73 Å². The molecule has 0 radical (unpaired) electrons. The Hall–Kier alpha value is -0.430. The smallest absolute Gasteiger partial charge is 0.189 e. The lowest BCUT2D eigenvalue weighted by atomic mass is 10.1. The van der Waals surface area contributed by atoms with E-state index in [1.807, 2.05) is 11.8 Å². The van der Waals surface area contributed by atoms with Gasteiger partial charge in [0.15, 0.2) is 5.96 Å². The molecule has 0 heterocycles. The molecule has 1 aromatic carbocycles. The van der Waals surface area contributed by atoms with Crippen molar-refractivity contribution in [1.29, 1.82) is 0 Å². The van der Waals surface area contributed by atoms with Crippen LogP contribution in [0.5, 0.6) is 0 Å². The summed E-state index contributed by atoms with van der Waals surface area (Å²) in [6, 6.07) is 8.67. The Morgan fingerprint density at radius 1 is 1.25 bits per heavy atom. The molecule has 0 aliphatic rings. The van der Waals surface area contributed by atoms with Gasteiger partial charge in [0.25, 0.3) is 0 Å². The number of hydrogen-bond acceptors (Lipinski definition) is 2. The van der Waals surface area contributed by atoms with E-state index in [1.54, 1.807) is 0 Å². The van der Waals surface area contributed by atoms with E-state index in [2.05, 4.69) is 62.3 Å². The second kappa shape index (κ2) is 9.50. The van der Waals surface area contributed by atoms with Gasteiger partial charge < -0.3 is 11.1 Å². The summed E-state index contributed by atoms with van der Waals surface area (Å²) in [6.45, 7) is 9.08. The van der Waals surface area contributed by atoms with Gasteiger partial charge in [0, 0.05) is 17.0 Å². The maximum atomic E-state index is 5.80. The lowest BCUT2D eigenvalue weighted by molar-refractivity contribution is 0.508. The van der Waals surface area contributed by atoms with Gasteiger partial charge in [-0.3, -0.25) is 4.99 Å². The van der Waals surface area contributed by atoms with Crippen LogP contribution in [0.4, 0.5) is 0 Å². The van der Waals surface area contributed by atoms with Crippen LogP contribution in [0.2, 0.25) is 0 Å². The summed E-state index contributed by atoms with van der Waals surface area (Å²) >= 11 is 1.88. The van der Waals surface area contributed by atoms with Gasteiger partial charge in [0.1, 0.15) is 0 Å². The van der Waals surface area contributed by atoms with Crippen molar-refractivity contribution in [3.8, 4) is 0 Å². The fraction of sp³-hybridized carbons (Fsp3) is 0.533. The minimum absolute atomic E-state index is 0. The molecule has 20 heavy (non-hydrogen) atoms. The number of hydrogen-bond donors (Lipinski definition) is 2. The molecule has 3 N–H and O–H groups in total. The van der Waals surface area contributed by atoms with Crippen LogP contribution in [0, 0.1) is 6.92 Å². The summed E-state index contributed by atoms with van der Waals surface area (Å²) < 4.78 is 0. The Morgan fingerprint density at radius 2 is 1.85 bits per heavy atom. The molecule has 114 valence electrons. The Bertz CT molecular complexity index is 410. The second-order valence-corrected chi connectivity index (χ2v) is 6.79. The second-order valence-electron chi connectivity index (χ2n) is 5.68. The Labute approximate surface area is 144 Å². The average Bonchev–Trinajstić information content (AvgIpc) is 2.29. The summed E-state index contributed by atoms with van der Waals surface area (Å²) in [4.78, 5) is 4.32. The van der Waals surface area contributed by atoms with E-state index in [-0.39, 0.29) is 29.5 Å². The van der Waals surface area contributed by atoms with Gasteiger partial charge in [-0.05, 0) is 33.3 Å². The maximum absolute atomic E-state index is 5.80. The van der Waals surface area contributed by atoms with Gasteiger partial charge in [-0.2, -0.15) is 11.8 Å². The predicted octanol–water partition coefficient (Wildman–Crippen LogP) is 3.55. The van der Waals surface area contributed by atoms with E-state index >= 15 is 0 Å². The highest BCUT2D eigenvalue weighted by molar-refractivity contribution is 14.0. The van der Waals surface area contributed by atoms with Crippen LogP contribution >= 0.6 is 35.7 Å². The number of nitrogens with one attached hydrogen (secondary N) is 1. The van der Waals surface area contributed by atoms with Crippen LogP contribution in [-0.2, 0) is 5.75 Å². The quantitative estimate of drug-likeness (QED) is 0.340. The lowest BCUT2D eigenvalue weighted by Gasteiger charge is -2.20. The standard InChI is InChI=1S/C15H25N3S.HI/c1-12-5-7-13(8-6-12)11-19-10-9-17-14(16)18-15(2,3)4;/h5-8H,9-11H2,1-4H3,(H3,16,17,18);1H. The summed E-state index contributed by atoms with van der Waals surface area (Å²) in [7, 11) is 0. The topological polar surface area (TPSA) is 50.4 Å². The number of aryl methyl sites for hydroxylation is 1. The number of nitrogens with zero attached hydrogens (tertiary/aromatic N) is 1. The molecule has 0 bridgehead atoms. The zero-order valence-corrected chi connectivity index (χ0v) is 15.9. The molecular weight excluding hydrogens is 381 g/mol. The molecule has 0 spiro atoms. The monoisotopic (exact) mass is 407 g/mol. The highest BCUT2D eigenvalue weighted by atomic mass is 127. The van der Waals surface area contributed by atoms with Gasteiger partial charge in [-0.1, -0.05) is 29.8 Å². The largest absolute Gasteiger partial charge is 0.370 e. The molecule has 0 aliphatic heterocycles. The highest BCUT2D eigenvalue weighted by Gasteiger charge is 2.09. The van der Waals surface area contributed by atoms with E-state index < -0.39 is 0 Å². The Balaban J connectivity index is 0.00000361. The summed E-state index contributed by atoms with van der Waals surface area (Å²) in [5, 5.41) is 3.15. The van der Waals surface area contributed by atoms with Gasteiger partial charge in [-0.15, -0.1) is 24.0 Å². The minimum Gasteiger partial charge on any atom is -0.370 e. The first-order valence-electron chi connectivity index (χ1n) is 6.58. The highest BCUT2D eigenvalue weighted by Crippen LogP contribution is 2.12. The van der Waals surface area contributed by atoms with Crippen LogP contribution in [0.25, 0.3) is 0 Å². The van der Waals surface area contributed by atoms with Crippen molar-refractivity contribution >= 4 is 41.7 Å². The molecular formula is C15H26IN3S. The third-order valence-electron chi connectivity index (χ3n) is 2.41. The molecule has 0 unspecified atom stereocenters. The number of guanidine groups is 1. The third kappa shape index (κ3) is 9.47. The lowest BCUT2D eigenvalue weighted by Crippen LogP contribution is -2.45. The molecule has 5 heteroatoms. The van der Waals surface area contributed by atoms with Crippen molar-refractivity contribution in [1.82, 2.24) is 5.32 Å². The molecule has 1 rings (SSSR count). The minimum atomic E-state index is -0.0252. The summed E-state index contributed by atoms with van der Waals surface area (Å²) in [6.07, 6.45) is 0. The van der Waals surface area contributed by atoms with Gasteiger partial charge in [-0.25, -0.2) is 0 Å². The van der Waals surface area contributed by atoms with E-state index in [9.17, 15) is 0 Å². The number of rotatable bonds is 5. The van der Waals surface area contributed by atoms with Crippen molar-refractivity contribution in [3.05, 3.63) is 35.4 Å². The SMILES string of the molecule is Cc1ccc(CSCCN=C(N)NC(C)(C)C)cc1.I. The van der Waals surface area contributed by atoms with Crippen LogP contribution in [-0.4, -0.2) is 23.8 Å². The van der Waals surface area contributed by atoms with Crippen LogP contribution in [0.15, 0.2) is 29.3 Å². The molecule has 0 amide bonds. The first-order valence-corrected chi connectivity index (χ1v) is 7.74. The molecule has 1 aromatic rings. The Kier molecular flexibility index (Phi) is 9.29. The Morgan fingerprint density at radius 3 is 2.40 bits per heavy atom. The molecule has 0 atom stereocenters. The van der Waals surface area contributed by atoms with Crippen molar-refractivity contribution in [2.24, 2.45) is 10.7 Å². The maximum Gasteiger partial charge on any atom is 0.189 e. The fourth-order valence-corrected chi connectivity index (χ4v) is 2.32. The van der Waals surface area contributed by atoms with E-state index in [1.165, 1.54) is 11.1 Å². The predicted molar refractivity (Wildman–Crippen MR) is 102 cm³/mol. The summed E-state index contributed by atoms with van der Waals surface area (Å²) in [5.41, 5.74) is 8.44. The van der Waals surface area contributed by atoms with Crippen molar-refractivity contribution in [3.63, 3.8) is 0 Å². The average molecular weight is 407 g/mol. The fourth-order valence-electron chi connectivity index (χ4n) is 1.53. The third-order valence-corrected chi connectivity index (χ3v) is 3.42.